The zero-order chi connectivity index (χ0) is 6.08. The zero-order valence-corrected chi connectivity index (χ0v) is 6.93. The van der Waals surface area contributed by atoms with Crippen molar-refractivity contribution in [2.45, 2.75) is 0 Å². The molecule has 6 heteroatoms. The molecule has 0 rings (SSSR count). The van der Waals surface area contributed by atoms with Crippen molar-refractivity contribution in [3.05, 3.63) is 0 Å². The summed E-state index contributed by atoms with van der Waals surface area (Å²) in [5.74, 6) is 0. The summed E-state index contributed by atoms with van der Waals surface area (Å²) in [6.45, 7) is 0. The van der Waals surface area contributed by atoms with E-state index in [2.05, 4.69) is 0 Å². The minimum absolute atomic E-state index is 1.12. The zero-order valence-electron chi connectivity index (χ0n) is 3.66. The predicted octanol–water partition coefficient (Wildman–Crippen LogP) is 1.15. The maximum Gasteiger partial charge on any atom is 0.412 e. The predicted molar refractivity (Wildman–Crippen MR) is 36.8 cm³/mol. The van der Waals surface area contributed by atoms with Gasteiger partial charge in [0.05, 0.1) is 0 Å². The van der Waals surface area contributed by atoms with Gasteiger partial charge in [-0.3, -0.25) is 0 Å². The highest BCUT2D eigenvalue weighted by atomic mass is 35.8. The van der Waals surface area contributed by atoms with Gasteiger partial charge in [0.1, 0.15) is 0 Å². The van der Waals surface area contributed by atoms with Crippen LogP contribution in [-0.4, -0.2) is 25.7 Å². The molecule has 0 amide bonds. The van der Waals surface area contributed by atoms with Crippen LogP contribution in [0, 0.1) is 0 Å². The van der Waals surface area contributed by atoms with E-state index in [-0.39, 0.29) is 0 Å². The van der Waals surface area contributed by atoms with Gasteiger partial charge in [0.2, 0.25) is 0 Å². The van der Waals surface area contributed by atoms with E-state index >= 15 is 0 Å². The fraction of sp³-hybridized carbons (Fsp3) is 1.00. The number of rotatable bonds is 1. The molecule has 0 aliphatic rings. The molecule has 0 aliphatic heterocycles. The number of hydrogen-bond donors (Lipinski definition) is 0. The lowest BCUT2D eigenvalue weighted by Gasteiger charge is -2.15. The van der Waals surface area contributed by atoms with E-state index in [1.165, 1.54) is 7.05 Å². The lowest BCUT2D eigenvalue weighted by Crippen LogP contribution is -2.34. The van der Waals surface area contributed by atoms with Gasteiger partial charge in [0.25, 0.3) is 0 Å². The second-order valence-corrected chi connectivity index (χ2v) is 9.38. The van der Waals surface area contributed by atoms with Crippen LogP contribution in [0.25, 0.3) is 0 Å². The summed E-state index contributed by atoms with van der Waals surface area (Å²) in [4.78, 5) is 0. The summed E-state index contributed by atoms with van der Waals surface area (Å²) in [5.41, 5.74) is 0. The highest BCUT2D eigenvalue weighted by Gasteiger charge is 2.27. The molecule has 0 aromatic rings. The maximum atomic E-state index is 5.34. The summed E-state index contributed by atoms with van der Waals surface area (Å²) >= 11 is 16.0. The smallest absolute Gasteiger partial charge is 0.342 e. The largest absolute Gasteiger partial charge is 0.412 e. The molecule has 0 spiro atoms. The third-order valence-electron chi connectivity index (χ3n) is 0.400. The van der Waals surface area contributed by atoms with E-state index in [0.717, 1.165) is 4.48 Å². The third-order valence-corrected chi connectivity index (χ3v) is 3.60. The average molecular weight is 174 g/mol. The Morgan fingerprint density at radius 2 is 1.57 bits per heavy atom. The minimum atomic E-state index is -2.71. The molecule has 0 aromatic heterocycles. The molecule has 0 aromatic carbocycles. The first-order valence-corrected chi connectivity index (χ1v) is 6.48. The third kappa shape index (κ3) is 3.67. The van der Waals surface area contributed by atoms with Crippen molar-refractivity contribution in [1.29, 1.82) is 0 Å². The summed E-state index contributed by atoms with van der Waals surface area (Å²) in [6, 6.07) is 0. The standard InChI is InChI=1S/CH3BCl3NSi/c1-6(2)7(3,4)5/h1H3. The van der Waals surface area contributed by atoms with Crippen molar-refractivity contribution >= 4 is 47.4 Å². The van der Waals surface area contributed by atoms with Gasteiger partial charge < -0.3 is 4.48 Å². The van der Waals surface area contributed by atoms with Crippen LogP contribution in [0.15, 0.2) is 0 Å². The molecule has 0 unspecified atom stereocenters. The van der Waals surface area contributed by atoms with Gasteiger partial charge in [-0.2, -0.15) is 0 Å². The lowest BCUT2D eigenvalue weighted by atomic mass is 10.5. The SMILES string of the molecule is [B]N(C)[Si](Cl)(Cl)Cl. The van der Waals surface area contributed by atoms with Gasteiger partial charge in [0.15, 0.2) is 7.98 Å². The van der Waals surface area contributed by atoms with Crippen molar-refractivity contribution < 1.29 is 0 Å². The summed E-state index contributed by atoms with van der Waals surface area (Å²) in [7, 11) is 6.60. The highest BCUT2D eigenvalue weighted by Crippen LogP contribution is 2.20. The van der Waals surface area contributed by atoms with Crippen LogP contribution in [0.5, 0.6) is 0 Å². The first kappa shape index (κ1) is 8.11. The Bertz CT molecular complexity index is 60.4. The summed E-state index contributed by atoms with van der Waals surface area (Å²) in [6.07, 6.45) is -2.71. The molecule has 0 bridgehead atoms. The van der Waals surface area contributed by atoms with Crippen LogP contribution in [0.1, 0.15) is 0 Å². The molecule has 0 heterocycles. The van der Waals surface area contributed by atoms with E-state index in [9.17, 15) is 0 Å². The van der Waals surface area contributed by atoms with Gasteiger partial charge >= 0.3 is 6.16 Å². The fourth-order valence-electron chi connectivity index (χ4n) is 0. The monoisotopic (exact) mass is 173 g/mol. The maximum absolute atomic E-state index is 5.34. The molecule has 0 fully saturated rings. The topological polar surface area (TPSA) is 3.24 Å². The lowest BCUT2D eigenvalue weighted by molar-refractivity contribution is 0.870. The Morgan fingerprint density at radius 3 is 1.57 bits per heavy atom. The van der Waals surface area contributed by atoms with Crippen LogP contribution in [-0.2, 0) is 0 Å². The average Bonchev–Trinajstić information content (AvgIpc) is 1.31. The van der Waals surface area contributed by atoms with Crippen molar-refractivity contribution in [2.75, 3.05) is 7.05 Å². The second kappa shape index (κ2) is 2.60. The molecular weight excluding hydrogens is 171 g/mol. The molecule has 7 heavy (non-hydrogen) atoms. The van der Waals surface area contributed by atoms with Crippen LogP contribution >= 0.6 is 33.2 Å². The van der Waals surface area contributed by atoms with E-state index in [1.54, 1.807) is 0 Å². The molecule has 1 nitrogen and oxygen atoms in total. The van der Waals surface area contributed by atoms with Crippen molar-refractivity contribution in [3.63, 3.8) is 0 Å². The highest BCUT2D eigenvalue weighted by molar-refractivity contribution is 7.64. The van der Waals surface area contributed by atoms with E-state index in [0.29, 0.717) is 0 Å². The minimum Gasteiger partial charge on any atom is -0.342 e. The van der Waals surface area contributed by atoms with Crippen LogP contribution in [0.4, 0.5) is 0 Å². The number of hydrogen-bond acceptors (Lipinski definition) is 1. The Balaban J connectivity index is 3.54. The molecular formula is CH3BCl3NSi. The quantitative estimate of drug-likeness (QED) is 0.426. The normalized spacial score (nSPS) is 12.7. The van der Waals surface area contributed by atoms with Crippen molar-refractivity contribution in [3.8, 4) is 0 Å². The first-order chi connectivity index (χ1) is 2.94. The molecule has 0 atom stereocenters. The van der Waals surface area contributed by atoms with Gasteiger partial charge in [0, 0.05) is 0 Å². The summed E-state index contributed by atoms with van der Waals surface area (Å²) < 4.78 is 1.12. The Morgan fingerprint density at radius 1 is 1.43 bits per heavy atom. The first-order valence-electron chi connectivity index (χ1n) is 1.50. The Kier molecular flexibility index (Phi) is 3.01. The molecule has 40 valence electrons. The van der Waals surface area contributed by atoms with Gasteiger partial charge in [-0.05, 0) is 7.05 Å². The van der Waals surface area contributed by atoms with Crippen LogP contribution < -0.4 is 0 Å². The van der Waals surface area contributed by atoms with E-state index in [1.807, 2.05) is 0 Å². The van der Waals surface area contributed by atoms with Gasteiger partial charge in [-0.15, -0.1) is 33.2 Å². The van der Waals surface area contributed by atoms with E-state index in [4.69, 9.17) is 41.2 Å². The van der Waals surface area contributed by atoms with Crippen LogP contribution in [0.3, 0.4) is 0 Å². The van der Waals surface area contributed by atoms with Crippen molar-refractivity contribution in [2.24, 2.45) is 0 Å². The van der Waals surface area contributed by atoms with Crippen LogP contribution in [0.2, 0.25) is 0 Å². The number of halogens is 3. The molecule has 0 saturated carbocycles. The van der Waals surface area contributed by atoms with Crippen molar-refractivity contribution in [1.82, 2.24) is 4.48 Å². The molecule has 2 radical (unpaired) electrons. The second-order valence-electron chi connectivity index (χ2n) is 1.08. The van der Waals surface area contributed by atoms with Gasteiger partial charge in [-0.1, -0.05) is 0 Å². The fourth-order valence-corrected chi connectivity index (χ4v) is 0. The molecule has 0 N–H and O–H groups in total. The van der Waals surface area contributed by atoms with Gasteiger partial charge in [-0.25, -0.2) is 0 Å². The Labute approximate surface area is 59.2 Å². The Hall–Kier alpha value is 1.11. The summed E-state index contributed by atoms with van der Waals surface area (Å²) in [5, 5.41) is 0. The van der Waals surface area contributed by atoms with E-state index < -0.39 is 6.16 Å². The molecule has 0 saturated heterocycles. The molecule has 0 aliphatic carbocycles. The number of nitrogens with zero attached hydrogens (tertiary/aromatic N) is 1.